The van der Waals surface area contributed by atoms with Gasteiger partial charge < -0.3 is 10.1 Å². The van der Waals surface area contributed by atoms with Crippen LogP contribution in [0.15, 0.2) is 36.4 Å². The lowest BCUT2D eigenvalue weighted by Crippen LogP contribution is -2.43. The van der Waals surface area contributed by atoms with Gasteiger partial charge in [-0.05, 0) is 36.0 Å². The molecule has 4 atom stereocenters. The molecule has 4 heteroatoms. The molecule has 0 amide bonds. The van der Waals surface area contributed by atoms with E-state index in [-0.39, 0.29) is 29.7 Å². The number of fused-ring (bicyclic) bond motifs is 2. The summed E-state index contributed by atoms with van der Waals surface area (Å²) in [6.07, 6.45) is 5.33. The molecule has 2 aliphatic carbocycles. The van der Waals surface area contributed by atoms with Gasteiger partial charge in [0.1, 0.15) is 5.82 Å². The Bertz CT molecular complexity index is 526. The molecule has 4 unspecified atom stereocenters. The van der Waals surface area contributed by atoms with Crippen LogP contribution in [0, 0.1) is 23.6 Å². The highest BCUT2D eigenvalue weighted by atomic mass is 19.1. The van der Waals surface area contributed by atoms with Gasteiger partial charge >= 0.3 is 5.97 Å². The Morgan fingerprint density at radius 2 is 2.00 bits per heavy atom. The number of ether oxygens (including phenoxy) is 1. The average molecular weight is 275 g/mol. The highest BCUT2D eigenvalue weighted by Crippen LogP contribution is 2.44. The van der Waals surface area contributed by atoms with E-state index in [1.54, 1.807) is 12.1 Å². The zero-order valence-corrected chi connectivity index (χ0v) is 11.4. The molecule has 1 N–H and O–H groups in total. The predicted octanol–water partition coefficient (Wildman–Crippen LogP) is 2.28. The van der Waals surface area contributed by atoms with Crippen LogP contribution in [0.4, 0.5) is 4.39 Å². The van der Waals surface area contributed by atoms with Gasteiger partial charge in [-0.25, -0.2) is 4.39 Å². The largest absolute Gasteiger partial charge is 0.469 e. The molecule has 20 heavy (non-hydrogen) atoms. The van der Waals surface area contributed by atoms with Crippen molar-refractivity contribution >= 4 is 5.97 Å². The minimum Gasteiger partial charge on any atom is -0.469 e. The van der Waals surface area contributed by atoms with Crippen molar-refractivity contribution in [1.82, 2.24) is 5.32 Å². The molecule has 3 rings (SSSR count). The average Bonchev–Trinajstić information content (AvgIpc) is 3.06. The van der Waals surface area contributed by atoms with Gasteiger partial charge in [-0.3, -0.25) is 4.79 Å². The molecule has 1 aromatic carbocycles. The number of carbonyl (C=O) groups excluding carboxylic acids is 1. The van der Waals surface area contributed by atoms with Crippen LogP contribution in [0.3, 0.4) is 0 Å². The molecular formula is C16H18FNO2. The Hall–Kier alpha value is -1.68. The number of esters is 1. The fourth-order valence-corrected chi connectivity index (χ4v) is 3.40. The van der Waals surface area contributed by atoms with Crippen LogP contribution in [-0.2, 0) is 16.1 Å². The van der Waals surface area contributed by atoms with Crippen LogP contribution in [0.5, 0.6) is 0 Å². The number of nitrogens with one attached hydrogen (secondary N) is 1. The topological polar surface area (TPSA) is 38.3 Å². The lowest BCUT2D eigenvalue weighted by Gasteiger charge is -2.27. The molecule has 0 saturated heterocycles. The SMILES string of the molecule is COC(=O)C1C2C=CC(C2)C1NCc1ccc(F)cc1. The molecular weight excluding hydrogens is 257 g/mol. The maximum atomic E-state index is 12.9. The Labute approximate surface area is 117 Å². The van der Waals surface area contributed by atoms with Crippen molar-refractivity contribution in [2.75, 3.05) is 7.11 Å². The first-order valence-electron chi connectivity index (χ1n) is 6.93. The van der Waals surface area contributed by atoms with E-state index in [4.69, 9.17) is 4.74 Å². The van der Waals surface area contributed by atoms with Gasteiger partial charge in [-0.2, -0.15) is 0 Å². The summed E-state index contributed by atoms with van der Waals surface area (Å²) in [5.74, 6) is 0.209. The summed E-state index contributed by atoms with van der Waals surface area (Å²) in [5.41, 5.74) is 1.02. The van der Waals surface area contributed by atoms with Crippen LogP contribution in [0.1, 0.15) is 12.0 Å². The number of hydrogen-bond acceptors (Lipinski definition) is 3. The third kappa shape index (κ3) is 2.36. The van der Waals surface area contributed by atoms with Crippen molar-refractivity contribution < 1.29 is 13.9 Å². The molecule has 0 spiro atoms. The fourth-order valence-electron chi connectivity index (χ4n) is 3.40. The van der Waals surface area contributed by atoms with Crippen LogP contribution in [-0.4, -0.2) is 19.1 Å². The van der Waals surface area contributed by atoms with Gasteiger partial charge in [0.15, 0.2) is 0 Å². The number of hydrogen-bond donors (Lipinski definition) is 1. The molecule has 0 aliphatic heterocycles. The summed E-state index contributed by atoms with van der Waals surface area (Å²) in [4.78, 5) is 11.9. The van der Waals surface area contributed by atoms with E-state index in [1.807, 2.05) is 0 Å². The Morgan fingerprint density at radius 3 is 2.70 bits per heavy atom. The maximum Gasteiger partial charge on any atom is 0.310 e. The number of methoxy groups -OCH3 is 1. The van der Waals surface area contributed by atoms with Crippen molar-refractivity contribution in [1.29, 1.82) is 0 Å². The Balaban J connectivity index is 1.68. The highest BCUT2D eigenvalue weighted by Gasteiger charge is 2.48. The molecule has 0 heterocycles. The summed E-state index contributed by atoms with van der Waals surface area (Å²) in [7, 11) is 1.44. The van der Waals surface area contributed by atoms with Crippen molar-refractivity contribution in [2.45, 2.75) is 19.0 Å². The van der Waals surface area contributed by atoms with Crippen molar-refractivity contribution in [3.8, 4) is 0 Å². The summed E-state index contributed by atoms with van der Waals surface area (Å²) in [5, 5.41) is 3.44. The highest BCUT2D eigenvalue weighted by molar-refractivity contribution is 5.75. The summed E-state index contributed by atoms with van der Waals surface area (Å²) >= 11 is 0. The minimum absolute atomic E-state index is 0.101. The minimum atomic E-state index is -0.232. The van der Waals surface area contributed by atoms with Crippen molar-refractivity contribution in [3.05, 3.63) is 47.8 Å². The van der Waals surface area contributed by atoms with Gasteiger partial charge in [0, 0.05) is 12.6 Å². The van der Waals surface area contributed by atoms with E-state index < -0.39 is 0 Å². The van der Waals surface area contributed by atoms with Gasteiger partial charge in [-0.15, -0.1) is 0 Å². The van der Waals surface area contributed by atoms with E-state index >= 15 is 0 Å². The maximum absolute atomic E-state index is 12.9. The molecule has 2 bridgehead atoms. The second kappa shape index (κ2) is 5.37. The molecule has 0 radical (unpaired) electrons. The smallest absolute Gasteiger partial charge is 0.310 e. The first-order valence-corrected chi connectivity index (χ1v) is 6.93. The van der Waals surface area contributed by atoms with Crippen LogP contribution >= 0.6 is 0 Å². The van der Waals surface area contributed by atoms with E-state index in [0.29, 0.717) is 12.5 Å². The normalized spacial score (nSPS) is 30.7. The quantitative estimate of drug-likeness (QED) is 0.677. The second-order valence-electron chi connectivity index (χ2n) is 5.53. The standard InChI is InChI=1S/C16H18FNO2/c1-20-16(19)14-11-4-5-12(8-11)15(14)18-9-10-2-6-13(17)7-3-10/h2-7,11-12,14-15,18H,8-9H2,1H3. The summed E-state index contributed by atoms with van der Waals surface area (Å²) in [6.45, 7) is 0.634. The third-order valence-corrected chi connectivity index (χ3v) is 4.39. The number of allylic oxidation sites excluding steroid dienone is 1. The lowest BCUT2D eigenvalue weighted by molar-refractivity contribution is -0.147. The zero-order valence-electron chi connectivity index (χ0n) is 11.4. The molecule has 1 saturated carbocycles. The number of rotatable bonds is 4. The van der Waals surface area contributed by atoms with Crippen molar-refractivity contribution in [2.24, 2.45) is 17.8 Å². The molecule has 0 aromatic heterocycles. The number of benzene rings is 1. The first kappa shape index (κ1) is 13.3. The van der Waals surface area contributed by atoms with E-state index in [9.17, 15) is 9.18 Å². The second-order valence-corrected chi connectivity index (χ2v) is 5.53. The molecule has 1 fully saturated rings. The Morgan fingerprint density at radius 1 is 1.30 bits per heavy atom. The molecule has 2 aliphatic rings. The third-order valence-electron chi connectivity index (χ3n) is 4.39. The van der Waals surface area contributed by atoms with Gasteiger partial charge in [-0.1, -0.05) is 24.3 Å². The molecule has 1 aromatic rings. The van der Waals surface area contributed by atoms with E-state index in [1.165, 1.54) is 19.2 Å². The van der Waals surface area contributed by atoms with Crippen LogP contribution < -0.4 is 5.32 Å². The zero-order chi connectivity index (χ0) is 14.1. The first-order chi connectivity index (χ1) is 9.69. The van der Waals surface area contributed by atoms with E-state index in [0.717, 1.165) is 12.0 Å². The molecule has 3 nitrogen and oxygen atoms in total. The Kier molecular flexibility index (Phi) is 3.57. The molecule has 106 valence electrons. The van der Waals surface area contributed by atoms with Gasteiger partial charge in [0.05, 0.1) is 13.0 Å². The fraction of sp³-hybridized carbons (Fsp3) is 0.438. The summed E-state index contributed by atoms with van der Waals surface area (Å²) < 4.78 is 17.8. The van der Waals surface area contributed by atoms with Crippen molar-refractivity contribution in [3.63, 3.8) is 0 Å². The number of carbonyl (C=O) groups is 1. The van der Waals surface area contributed by atoms with Crippen LogP contribution in [0.25, 0.3) is 0 Å². The van der Waals surface area contributed by atoms with Gasteiger partial charge in [0.25, 0.3) is 0 Å². The van der Waals surface area contributed by atoms with Crippen LogP contribution in [0.2, 0.25) is 0 Å². The lowest BCUT2D eigenvalue weighted by atomic mass is 9.89. The predicted molar refractivity (Wildman–Crippen MR) is 73.3 cm³/mol. The number of halogens is 1. The monoisotopic (exact) mass is 275 g/mol. The van der Waals surface area contributed by atoms with Gasteiger partial charge in [0.2, 0.25) is 0 Å². The van der Waals surface area contributed by atoms with E-state index in [2.05, 4.69) is 17.5 Å². The summed E-state index contributed by atoms with van der Waals surface area (Å²) in [6, 6.07) is 6.55.